The maximum absolute atomic E-state index is 5.93. The fourth-order valence-electron chi connectivity index (χ4n) is 2.53. The summed E-state index contributed by atoms with van der Waals surface area (Å²) in [4.78, 5) is 1.32. The van der Waals surface area contributed by atoms with E-state index < -0.39 is 0 Å². The normalized spacial score (nSPS) is 22.7. The van der Waals surface area contributed by atoms with Crippen LogP contribution >= 0.6 is 22.9 Å². The molecule has 1 aliphatic heterocycles. The summed E-state index contributed by atoms with van der Waals surface area (Å²) in [5.74, 6) is 0. The maximum Gasteiger partial charge on any atom is 0.0931 e. The molecule has 0 amide bonds. The first kappa shape index (κ1) is 14.3. The quantitative estimate of drug-likeness (QED) is 0.860. The minimum Gasteiger partial charge on any atom is -0.314 e. The molecule has 0 aromatic carbocycles. The lowest BCUT2D eigenvalue weighted by Crippen LogP contribution is -2.36. The second-order valence-electron chi connectivity index (χ2n) is 5.22. The molecule has 0 aliphatic carbocycles. The van der Waals surface area contributed by atoms with E-state index in [-0.39, 0.29) is 0 Å². The van der Waals surface area contributed by atoms with E-state index in [0.29, 0.717) is 12.1 Å². The van der Waals surface area contributed by atoms with Gasteiger partial charge in [-0.2, -0.15) is 0 Å². The van der Waals surface area contributed by atoms with E-state index in [2.05, 4.69) is 23.6 Å². The molecular weight excluding hydrogens is 264 g/mol. The van der Waals surface area contributed by atoms with Crippen LogP contribution in [0.5, 0.6) is 0 Å². The number of nitrogens with one attached hydrogen (secondary N) is 2. The van der Waals surface area contributed by atoms with E-state index >= 15 is 0 Å². The van der Waals surface area contributed by atoms with E-state index in [1.807, 2.05) is 6.07 Å². The molecule has 2 atom stereocenters. The minimum atomic E-state index is 0.557. The second kappa shape index (κ2) is 7.49. The number of hydrogen-bond donors (Lipinski definition) is 2. The molecule has 2 nitrogen and oxygen atoms in total. The Balaban J connectivity index is 1.69. The van der Waals surface area contributed by atoms with E-state index in [0.717, 1.165) is 10.9 Å². The van der Waals surface area contributed by atoms with Gasteiger partial charge in [0.25, 0.3) is 0 Å². The molecule has 4 heteroatoms. The van der Waals surface area contributed by atoms with E-state index in [9.17, 15) is 0 Å². The fourth-order valence-corrected chi connectivity index (χ4v) is 3.57. The number of thiophene rings is 1. The summed E-state index contributed by atoms with van der Waals surface area (Å²) in [6.07, 6.45) is 6.66. The van der Waals surface area contributed by atoms with Crippen LogP contribution < -0.4 is 10.6 Å². The van der Waals surface area contributed by atoms with Crippen LogP contribution in [0.3, 0.4) is 0 Å². The third kappa shape index (κ3) is 4.88. The minimum absolute atomic E-state index is 0.557. The molecule has 102 valence electrons. The molecule has 2 heterocycles. The van der Waals surface area contributed by atoms with E-state index in [1.165, 1.54) is 43.5 Å². The number of halogens is 1. The van der Waals surface area contributed by atoms with Crippen molar-refractivity contribution in [2.45, 2.75) is 57.7 Å². The largest absolute Gasteiger partial charge is 0.314 e. The highest BCUT2D eigenvalue weighted by Gasteiger charge is 2.14. The van der Waals surface area contributed by atoms with Crippen LogP contribution in [0.4, 0.5) is 0 Å². The highest BCUT2D eigenvalue weighted by molar-refractivity contribution is 7.16. The van der Waals surface area contributed by atoms with Crippen LogP contribution in [-0.2, 0) is 6.54 Å². The Bertz CT molecular complexity index is 345. The van der Waals surface area contributed by atoms with Crippen molar-refractivity contribution < 1.29 is 0 Å². The smallest absolute Gasteiger partial charge is 0.0931 e. The Morgan fingerprint density at radius 2 is 2.33 bits per heavy atom. The van der Waals surface area contributed by atoms with Crippen LogP contribution in [0.25, 0.3) is 0 Å². The molecule has 18 heavy (non-hydrogen) atoms. The third-order valence-corrected chi connectivity index (χ3v) is 4.79. The lowest BCUT2D eigenvalue weighted by molar-refractivity contribution is 0.403. The second-order valence-corrected chi connectivity index (χ2v) is 7.02. The van der Waals surface area contributed by atoms with Gasteiger partial charge in [0, 0.05) is 23.5 Å². The molecule has 0 bridgehead atoms. The predicted octanol–water partition coefficient (Wildman–Crippen LogP) is 3.80. The number of hydrogen-bond acceptors (Lipinski definition) is 3. The summed E-state index contributed by atoms with van der Waals surface area (Å²) in [6.45, 7) is 4.41. The van der Waals surface area contributed by atoms with Gasteiger partial charge in [-0.3, -0.25) is 0 Å². The standard InChI is InChI=1S/C14H23ClN2S/c1-11(9-12-5-3-2-4-8-16-12)17-10-13-6-7-14(15)18-13/h6-7,11-12,16-17H,2-5,8-10H2,1H3. The van der Waals surface area contributed by atoms with Crippen LogP contribution in [0, 0.1) is 0 Å². The molecule has 2 rings (SSSR count). The summed E-state index contributed by atoms with van der Waals surface area (Å²) in [5, 5.41) is 7.25. The Labute approximate surface area is 119 Å². The molecule has 1 aromatic heterocycles. The van der Waals surface area contributed by atoms with Gasteiger partial charge in [-0.25, -0.2) is 0 Å². The lowest BCUT2D eigenvalue weighted by Gasteiger charge is -2.21. The zero-order valence-electron chi connectivity index (χ0n) is 11.0. The zero-order valence-corrected chi connectivity index (χ0v) is 12.6. The van der Waals surface area contributed by atoms with Crippen LogP contribution in [0.2, 0.25) is 4.34 Å². The lowest BCUT2D eigenvalue weighted by atomic mass is 10.0. The average Bonchev–Trinajstić information content (AvgIpc) is 2.60. The van der Waals surface area contributed by atoms with E-state index in [1.54, 1.807) is 11.3 Å². The van der Waals surface area contributed by atoms with Gasteiger partial charge < -0.3 is 10.6 Å². The van der Waals surface area contributed by atoms with Crippen LogP contribution in [0.15, 0.2) is 12.1 Å². The van der Waals surface area contributed by atoms with Crippen LogP contribution in [0.1, 0.15) is 43.9 Å². The van der Waals surface area contributed by atoms with Crippen molar-refractivity contribution in [2.75, 3.05) is 6.54 Å². The van der Waals surface area contributed by atoms with Gasteiger partial charge in [0.15, 0.2) is 0 Å². The molecular formula is C14H23ClN2S. The molecule has 2 N–H and O–H groups in total. The number of rotatable bonds is 5. The molecule has 0 radical (unpaired) electrons. The summed E-state index contributed by atoms with van der Waals surface area (Å²) >= 11 is 7.60. The van der Waals surface area contributed by atoms with Crippen molar-refractivity contribution in [3.63, 3.8) is 0 Å². The Morgan fingerprint density at radius 3 is 3.11 bits per heavy atom. The van der Waals surface area contributed by atoms with Gasteiger partial charge in [0.2, 0.25) is 0 Å². The topological polar surface area (TPSA) is 24.1 Å². The summed E-state index contributed by atoms with van der Waals surface area (Å²) in [7, 11) is 0. The van der Waals surface area contributed by atoms with Crippen molar-refractivity contribution in [3.05, 3.63) is 21.3 Å². The van der Waals surface area contributed by atoms with Crippen molar-refractivity contribution in [2.24, 2.45) is 0 Å². The Morgan fingerprint density at radius 1 is 1.44 bits per heavy atom. The average molecular weight is 287 g/mol. The van der Waals surface area contributed by atoms with Crippen molar-refractivity contribution in [1.29, 1.82) is 0 Å². The molecule has 1 aliphatic rings. The first-order valence-corrected chi connectivity index (χ1v) is 8.14. The summed E-state index contributed by atoms with van der Waals surface area (Å²) in [5.41, 5.74) is 0. The molecule has 2 unspecified atom stereocenters. The van der Waals surface area contributed by atoms with Gasteiger partial charge in [-0.15, -0.1) is 11.3 Å². The van der Waals surface area contributed by atoms with Crippen molar-refractivity contribution >= 4 is 22.9 Å². The van der Waals surface area contributed by atoms with Crippen molar-refractivity contribution in [1.82, 2.24) is 10.6 Å². The van der Waals surface area contributed by atoms with Crippen molar-refractivity contribution in [3.8, 4) is 0 Å². The third-order valence-electron chi connectivity index (χ3n) is 3.55. The van der Waals surface area contributed by atoms with Gasteiger partial charge >= 0.3 is 0 Å². The fraction of sp³-hybridized carbons (Fsp3) is 0.714. The van der Waals surface area contributed by atoms with Gasteiger partial charge in [0.05, 0.1) is 4.34 Å². The monoisotopic (exact) mass is 286 g/mol. The maximum atomic E-state index is 5.93. The van der Waals surface area contributed by atoms with Gasteiger partial charge in [-0.1, -0.05) is 24.4 Å². The van der Waals surface area contributed by atoms with Gasteiger partial charge in [-0.05, 0) is 44.9 Å². The molecule has 0 spiro atoms. The highest BCUT2D eigenvalue weighted by atomic mass is 35.5. The van der Waals surface area contributed by atoms with Gasteiger partial charge in [0.1, 0.15) is 0 Å². The first-order valence-electron chi connectivity index (χ1n) is 6.95. The van der Waals surface area contributed by atoms with E-state index in [4.69, 9.17) is 11.6 Å². The Kier molecular flexibility index (Phi) is 5.96. The molecule has 1 aromatic rings. The summed E-state index contributed by atoms with van der Waals surface area (Å²) in [6, 6.07) is 5.33. The molecule has 1 fully saturated rings. The predicted molar refractivity (Wildman–Crippen MR) is 80.5 cm³/mol. The molecule has 1 saturated heterocycles. The highest BCUT2D eigenvalue weighted by Crippen LogP contribution is 2.21. The molecule has 0 saturated carbocycles. The summed E-state index contributed by atoms with van der Waals surface area (Å²) < 4.78 is 0.880. The SMILES string of the molecule is CC(CC1CCCCCN1)NCc1ccc(Cl)s1. The van der Waals surface area contributed by atoms with Crippen LogP contribution in [-0.4, -0.2) is 18.6 Å². The Hall–Kier alpha value is -0.0900. The zero-order chi connectivity index (χ0) is 12.8. The first-order chi connectivity index (χ1) is 8.74.